The average Bonchev–Trinajstić information content (AvgIpc) is 2.43. The van der Waals surface area contributed by atoms with Gasteiger partial charge in [-0.15, -0.1) is 0 Å². The van der Waals surface area contributed by atoms with Crippen molar-refractivity contribution in [1.29, 1.82) is 0 Å². The predicted molar refractivity (Wildman–Crippen MR) is 83.0 cm³/mol. The third kappa shape index (κ3) is 3.71. The summed E-state index contributed by atoms with van der Waals surface area (Å²) in [7, 11) is 1.72. The molecule has 0 amide bonds. The second-order valence-electron chi connectivity index (χ2n) is 3.70. The van der Waals surface area contributed by atoms with E-state index in [2.05, 4.69) is 41.5 Å². The van der Waals surface area contributed by atoms with Gasteiger partial charge in [0.15, 0.2) is 0 Å². The van der Waals surface area contributed by atoms with Gasteiger partial charge in [0.1, 0.15) is 0 Å². The molecule has 20 heavy (non-hydrogen) atoms. The minimum absolute atomic E-state index is 0.250. The van der Waals surface area contributed by atoms with E-state index in [1.54, 1.807) is 13.1 Å². The summed E-state index contributed by atoms with van der Waals surface area (Å²) in [6.45, 7) is 2.34. The quantitative estimate of drug-likeness (QED) is 0.852. The molecular formula is C12H13BrClN5O. The topological polar surface area (TPSA) is 72.0 Å². The molecule has 0 saturated carbocycles. The Morgan fingerprint density at radius 2 is 2.00 bits per heavy atom. The van der Waals surface area contributed by atoms with Crippen molar-refractivity contribution in [3.05, 3.63) is 27.7 Å². The summed E-state index contributed by atoms with van der Waals surface area (Å²) < 4.78 is 6.20. The number of ether oxygens (including phenoxy) is 1. The summed E-state index contributed by atoms with van der Waals surface area (Å²) in [5, 5.41) is 6.46. The number of hydrogen-bond donors (Lipinski definition) is 2. The monoisotopic (exact) mass is 357 g/mol. The number of anilines is 3. The molecule has 2 N–H and O–H groups in total. The lowest BCUT2D eigenvalue weighted by Gasteiger charge is -2.10. The van der Waals surface area contributed by atoms with Crippen molar-refractivity contribution in [2.24, 2.45) is 0 Å². The third-order valence-electron chi connectivity index (χ3n) is 2.29. The van der Waals surface area contributed by atoms with Gasteiger partial charge in [0.05, 0.1) is 17.3 Å². The largest absolute Gasteiger partial charge is 0.464 e. The first-order chi connectivity index (χ1) is 9.62. The van der Waals surface area contributed by atoms with E-state index >= 15 is 0 Å². The van der Waals surface area contributed by atoms with E-state index in [1.807, 2.05) is 19.1 Å². The van der Waals surface area contributed by atoms with Crippen molar-refractivity contribution in [2.75, 3.05) is 24.3 Å². The lowest BCUT2D eigenvalue weighted by Crippen LogP contribution is -2.07. The predicted octanol–water partition coefficient (Wildman–Crippen LogP) is 3.47. The molecule has 0 fully saturated rings. The van der Waals surface area contributed by atoms with Gasteiger partial charge in [-0.2, -0.15) is 15.0 Å². The lowest BCUT2D eigenvalue weighted by molar-refractivity contribution is 0.312. The maximum Gasteiger partial charge on any atom is 0.323 e. The smallest absolute Gasteiger partial charge is 0.323 e. The summed E-state index contributed by atoms with van der Waals surface area (Å²) in [6.07, 6.45) is 0. The van der Waals surface area contributed by atoms with E-state index in [0.29, 0.717) is 29.2 Å². The highest BCUT2D eigenvalue weighted by Crippen LogP contribution is 2.28. The highest BCUT2D eigenvalue weighted by molar-refractivity contribution is 9.10. The Morgan fingerprint density at radius 3 is 2.70 bits per heavy atom. The van der Waals surface area contributed by atoms with Crippen LogP contribution in [0.2, 0.25) is 5.02 Å². The first kappa shape index (κ1) is 14.8. The fraction of sp³-hybridized carbons (Fsp3) is 0.250. The van der Waals surface area contributed by atoms with Crippen LogP contribution in [-0.4, -0.2) is 28.6 Å². The molecule has 0 aliphatic carbocycles. The highest BCUT2D eigenvalue weighted by atomic mass is 79.9. The summed E-state index contributed by atoms with van der Waals surface area (Å²) in [5.41, 5.74) is 0.691. The van der Waals surface area contributed by atoms with Crippen LogP contribution in [-0.2, 0) is 0 Å². The van der Waals surface area contributed by atoms with Crippen LogP contribution in [0.5, 0.6) is 6.01 Å². The zero-order chi connectivity index (χ0) is 14.5. The van der Waals surface area contributed by atoms with Gasteiger partial charge in [-0.1, -0.05) is 27.5 Å². The van der Waals surface area contributed by atoms with Gasteiger partial charge in [0, 0.05) is 11.5 Å². The Labute approximate surface area is 130 Å². The van der Waals surface area contributed by atoms with Crippen molar-refractivity contribution < 1.29 is 4.74 Å². The summed E-state index contributed by atoms with van der Waals surface area (Å²) >= 11 is 9.51. The van der Waals surface area contributed by atoms with Crippen molar-refractivity contribution in [3.63, 3.8) is 0 Å². The first-order valence-corrected chi connectivity index (χ1v) is 7.08. The van der Waals surface area contributed by atoms with Crippen LogP contribution in [0.3, 0.4) is 0 Å². The number of hydrogen-bond acceptors (Lipinski definition) is 6. The van der Waals surface area contributed by atoms with Gasteiger partial charge >= 0.3 is 6.01 Å². The van der Waals surface area contributed by atoms with Crippen LogP contribution in [0, 0.1) is 0 Å². The molecule has 1 heterocycles. The molecule has 8 heteroatoms. The third-order valence-corrected chi connectivity index (χ3v) is 3.11. The molecule has 0 unspecified atom stereocenters. The van der Waals surface area contributed by atoms with E-state index in [0.717, 1.165) is 4.47 Å². The minimum Gasteiger partial charge on any atom is -0.464 e. The SMILES string of the molecule is CCOc1nc(NC)nc(Nc2cc(Br)ccc2Cl)n1. The number of nitrogens with zero attached hydrogens (tertiary/aromatic N) is 3. The van der Waals surface area contributed by atoms with E-state index < -0.39 is 0 Å². The maximum absolute atomic E-state index is 6.12. The number of halogens is 2. The van der Waals surface area contributed by atoms with Gasteiger partial charge in [-0.25, -0.2) is 0 Å². The molecule has 0 aliphatic heterocycles. The van der Waals surface area contributed by atoms with Crippen LogP contribution >= 0.6 is 27.5 Å². The first-order valence-electron chi connectivity index (χ1n) is 5.91. The Kier molecular flexibility index (Phi) is 4.97. The van der Waals surface area contributed by atoms with Crippen molar-refractivity contribution >= 4 is 45.1 Å². The fourth-order valence-corrected chi connectivity index (χ4v) is 1.96. The standard InChI is InChI=1S/C12H13BrClN5O/c1-3-20-12-18-10(15-2)17-11(19-12)16-9-6-7(13)4-5-8(9)14/h4-6H,3H2,1-2H3,(H2,15,16,17,18,19). The molecule has 1 aromatic carbocycles. The number of rotatable bonds is 5. The Bertz CT molecular complexity index is 610. The summed E-state index contributed by atoms with van der Waals surface area (Å²) in [4.78, 5) is 12.5. The van der Waals surface area contributed by atoms with Gasteiger partial charge in [-0.3, -0.25) is 0 Å². The van der Waals surface area contributed by atoms with Gasteiger partial charge in [0.25, 0.3) is 0 Å². The molecule has 2 rings (SSSR count). The lowest BCUT2D eigenvalue weighted by atomic mass is 10.3. The number of aromatic nitrogens is 3. The molecule has 0 atom stereocenters. The van der Waals surface area contributed by atoms with E-state index in [1.165, 1.54) is 0 Å². The van der Waals surface area contributed by atoms with E-state index in [9.17, 15) is 0 Å². The van der Waals surface area contributed by atoms with Gasteiger partial charge in [-0.05, 0) is 25.1 Å². The zero-order valence-electron chi connectivity index (χ0n) is 10.9. The Hall–Kier alpha value is -1.60. The molecule has 0 bridgehead atoms. The minimum atomic E-state index is 0.250. The molecule has 0 saturated heterocycles. The molecule has 0 spiro atoms. The van der Waals surface area contributed by atoms with Crippen LogP contribution in [0.1, 0.15) is 6.92 Å². The van der Waals surface area contributed by atoms with Crippen molar-refractivity contribution in [3.8, 4) is 6.01 Å². The molecule has 0 aliphatic rings. The fourth-order valence-electron chi connectivity index (χ4n) is 1.43. The summed E-state index contributed by atoms with van der Waals surface area (Å²) in [6, 6.07) is 5.72. The average molecular weight is 359 g/mol. The molecular weight excluding hydrogens is 346 g/mol. The van der Waals surface area contributed by atoms with Crippen molar-refractivity contribution in [1.82, 2.24) is 15.0 Å². The van der Waals surface area contributed by atoms with E-state index in [-0.39, 0.29) is 6.01 Å². The van der Waals surface area contributed by atoms with Crippen LogP contribution in [0.4, 0.5) is 17.6 Å². The molecule has 0 radical (unpaired) electrons. The Balaban J connectivity index is 2.32. The zero-order valence-corrected chi connectivity index (χ0v) is 13.3. The van der Waals surface area contributed by atoms with Gasteiger partial charge in [0.2, 0.25) is 11.9 Å². The molecule has 1 aromatic heterocycles. The Morgan fingerprint density at radius 1 is 1.25 bits per heavy atom. The second-order valence-corrected chi connectivity index (χ2v) is 5.02. The normalized spacial score (nSPS) is 10.2. The van der Waals surface area contributed by atoms with Gasteiger partial charge < -0.3 is 15.4 Å². The second kappa shape index (κ2) is 6.71. The molecule has 106 valence electrons. The van der Waals surface area contributed by atoms with Crippen LogP contribution < -0.4 is 15.4 Å². The molecule has 2 aromatic rings. The van der Waals surface area contributed by atoms with E-state index in [4.69, 9.17) is 16.3 Å². The number of nitrogens with one attached hydrogen (secondary N) is 2. The molecule has 6 nitrogen and oxygen atoms in total. The van der Waals surface area contributed by atoms with Crippen LogP contribution in [0.25, 0.3) is 0 Å². The van der Waals surface area contributed by atoms with Crippen molar-refractivity contribution in [2.45, 2.75) is 6.92 Å². The van der Waals surface area contributed by atoms with Crippen LogP contribution in [0.15, 0.2) is 22.7 Å². The maximum atomic E-state index is 6.12. The number of benzene rings is 1. The summed E-state index contributed by atoms with van der Waals surface area (Å²) in [5.74, 6) is 0.768. The highest BCUT2D eigenvalue weighted by Gasteiger charge is 2.08.